The van der Waals surface area contributed by atoms with E-state index in [1.807, 2.05) is 36.4 Å². The van der Waals surface area contributed by atoms with Gasteiger partial charge in [-0.05, 0) is 24.7 Å². The molecular formula is C17H17N3OS2. The lowest BCUT2D eigenvalue weighted by atomic mass is 10.0. The third kappa shape index (κ3) is 3.33. The zero-order chi connectivity index (χ0) is 16.2. The van der Waals surface area contributed by atoms with E-state index in [0.717, 1.165) is 41.1 Å². The SMILES string of the molecule is CCCCn1c(O)c(C=C2C=NN=C2c2ccccc2)sc1=S. The predicted molar refractivity (Wildman–Crippen MR) is 99.2 cm³/mol. The molecule has 0 saturated carbocycles. The number of aromatic nitrogens is 1. The van der Waals surface area contributed by atoms with Crippen molar-refractivity contribution < 1.29 is 5.11 Å². The number of unbranched alkanes of at least 4 members (excludes halogenated alkanes) is 1. The Balaban J connectivity index is 1.94. The van der Waals surface area contributed by atoms with Gasteiger partial charge in [0.15, 0.2) is 3.95 Å². The molecule has 0 unspecified atom stereocenters. The van der Waals surface area contributed by atoms with Crippen molar-refractivity contribution in [2.75, 3.05) is 0 Å². The first-order valence-electron chi connectivity index (χ1n) is 7.52. The van der Waals surface area contributed by atoms with Gasteiger partial charge in [-0.1, -0.05) is 43.7 Å². The summed E-state index contributed by atoms with van der Waals surface area (Å²) in [6.45, 7) is 2.86. The third-order valence-electron chi connectivity index (χ3n) is 3.59. The van der Waals surface area contributed by atoms with Crippen LogP contribution in [0.2, 0.25) is 0 Å². The lowest BCUT2D eigenvalue weighted by Crippen LogP contribution is -2.01. The third-order valence-corrected chi connectivity index (χ3v) is 4.98. The van der Waals surface area contributed by atoms with E-state index in [-0.39, 0.29) is 5.88 Å². The molecule has 1 aliphatic heterocycles. The fourth-order valence-electron chi connectivity index (χ4n) is 2.36. The Morgan fingerprint density at radius 1 is 1.30 bits per heavy atom. The molecule has 0 amide bonds. The molecule has 23 heavy (non-hydrogen) atoms. The van der Waals surface area contributed by atoms with E-state index < -0.39 is 0 Å². The van der Waals surface area contributed by atoms with E-state index in [2.05, 4.69) is 17.1 Å². The maximum atomic E-state index is 10.4. The Morgan fingerprint density at radius 2 is 2.09 bits per heavy atom. The van der Waals surface area contributed by atoms with Crippen molar-refractivity contribution in [3.8, 4) is 5.88 Å². The van der Waals surface area contributed by atoms with Crippen molar-refractivity contribution in [1.29, 1.82) is 0 Å². The summed E-state index contributed by atoms with van der Waals surface area (Å²) in [5, 5.41) is 18.6. The zero-order valence-corrected chi connectivity index (χ0v) is 14.4. The largest absolute Gasteiger partial charge is 0.493 e. The predicted octanol–water partition coefficient (Wildman–Crippen LogP) is 4.66. The van der Waals surface area contributed by atoms with Gasteiger partial charge in [0.25, 0.3) is 0 Å². The molecule has 4 nitrogen and oxygen atoms in total. The summed E-state index contributed by atoms with van der Waals surface area (Å²) in [6, 6.07) is 9.90. The lowest BCUT2D eigenvalue weighted by molar-refractivity contribution is 0.410. The van der Waals surface area contributed by atoms with Crippen molar-refractivity contribution in [2.45, 2.75) is 26.3 Å². The summed E-state index contributed by atoms with van der Waals surface area (Å²) in [7, 11) is 0. The Hall–Kier alpha value is -2.05. The van der Waals surface area contributed by atoms with Crippen molar-refractivity contribution >= 4 is 41.6 Å². The van der Waals surface area contributed by atoms with Gasteiger partial charge in [-0.25, -0.2) is 0 Å². The molecule has 118 valence electrons. The Kier molecular flexibility index (Phi) is 4.83. The summed E-state index contributed by atoms with van der Waals surface area (Å²) < 4.78 is 2.48. The van der Waals surface area contributed by atoms with Crippen molar-refractivity contribution in [3.05, 3.63) is 50.3 Å². The van der Waals surface area contributed by atoms with Gasteiger partial charge in [-0.3, -0.25) is 4.57 Å². The first-order valence-corrected chi connectivity index (χ1v) is 8.74. The molecule has 2 aromatic rings. The Morgan fingerprint density at radius 3 is 2.83 bits per heavy atom. The molecule has 1 aromatic heterocycles. The number of aromatic hydroxyl groups is 1. The second-order valence-electron chi connectivity index (χ2n) is 5.22. The molecule has 6 heteroatoms. The van der Waals surface area contributed by atoms with E-state index in [4.69, 9.17) is 12.2 Å². The molecule has 0 atom stereocenters. The highest BCUT2D eigenvalue weighted by Gasteiger charge is 2.16. The second-order valence-corrected chi connectivity index (χ2v) is 6.90. The molecule has 1 N–H and O–H groups in total. The van der Waals surface area contributed by atoms with Crippen LogP contribution in [0.25, 0.3) is 6.08 Å². The average Bonchev–Trinajstić information content (AvgIpc) is 3.13. The first-order chi connectivity index (χ1) is 11.2. The monoisotopic (exact) mass is 343 g/mol. The molecule has 0 spiro atoms. The summed E-state index contributed by atoms with van der Waals surface area (Å²) in [5.74, 6) is 0.230. The average molecular weight is 343 g/mol. The molecule has 3 rings (SSSR count). The fraction of sp³-hybridized carbons (Fsp3) is 0.235. The van der Waals surface area contributed by atoms with Crippen LogP contribution in [0.5, 0.6) is 5.88 Å². The van der Waals surface area contributed by atoms with Gasteiger partial charge in [-0.15, -0.1) is 16.4 Å². The topological polar surface area (TPSA) is 49.9 Å². The molecule has 1 aromatic carbocycles. The van der Waals surface area contributed by atoms with Crippen LogP contribution >= 0.6 is 23.6 Å². The number of allylic oxidation sites excluding steroid dienone is 1. The van der Waals surface area contributed by atoms with Gasteiger partial charge >= 0.3 is 0 Å². The summed E-state index contributed by atoms with van der Waals surface area (Å²) in [6.07, 6.45) is 5.67. The van der Waals surface area contributed by atoms with Gasteiger partial charge in [0.05, 0.1) is 11.1 Å². The highest BCUT2D eigenvalue weighted by Crippen LogP contribution is 2.30. The van der Waals surface area contributed by atoms with Crippen LogP contribution in [0.4, 0.5) is 0 Å². The maximum absolute atomic E-state index is 10.4. The van der Waals surface area contributed by atoms with Crippen LogP contribution in [-0.2, 0) is 6.54 Å². The number of benzene rings is 1. The Bertz CT molecular complexity index is 844. The molecule has 0 saturated heterocycles. The minimum atomic E-state index is 0.230. The molecule has 0 aliphatic carbocycles. The standard InChI is InChI=1S/C17H17N3OS2/c1-2-3-9-20-16(21)14(23-17(20)22)10-13-11-18-19-15(13)12-7-5-4-6-8-12/h4-8,10-11,21H,2-3,9H2,1H3. The first kappa shape index (κ1) is 15.8. The number of rotatable bonds is 5. The molecule has 1 aliphatic rings. The van der Waals surface area contributed by atoms with E-state index in [1.54, 1.807) is 10.8 Å². The number of nitrogens with zero attached hydrogens (tertiary/aromatic N) is 3. The number of hydrogen-bond acceptors (Lipinski definition) is 5. The molecule has 2 heterocycles. The normalized spacial score (nSPS) is 15.3. The van der Waals surface area contributed by atoms with Gasteiger partial charge in [0.1, 0.15) is 5.71 Å². The fourth-order valence-corrected chi connectivity index (χ4v) is 3.67. The second kappa shape index (κ2) is 7.02. The lowest BCUT2D eigenvalue weighted by Gasteiger charge is -2.03. The minimum Gasteiger partial charge on any atom is -0.493 e. The van der Waals surface area contributed by atoms with E-state index in [9.17, 15) is 5.11 Å². The molecule has 0 fully saturated rings. The summed E-state index contributed by atoms with van der Waals surface area (Å²) in [5.41, 5.74) is 2.69. The van der Waals surface area contributed by atoms with Gasteiger partial charge in [0, 0.05) is 17.7 Å². The van der Waals surface area contributed by atoms with Crippen molar-refractivity contribution in [1.82, 2.24) is 4.57 Å². The highest BCUT2D eigenvalue weighted by molar-refractivity contribution is 7.73. The van der Waals surface area contributed by atoms with Gasteiger partial charge in [-0.2, -0.15) is 5.10 Å². The van der Waals surface area contributed by atoms with Crippen LogP contribution in [0.3, 0.4) is 0 Å². The highest BCUT2D eigenvalue weighted by atomic mass is 32.1. The van der Waals surface area contributed by atoms with Crippen LogP contribution in [0.15, 0.2) is 46.1 Å². The van der Waals surface area contributed by atoms with Gasteiger partial charge in [0.2, 0.25) is 5.88 Å². The van der Waals surface area contributed by atoms with Crippen LogP contribution in [-0.4, -0.2) is 21.6 Å². The van der Waals surface area contributed by atoms with Crippen molar-refractivity contribution in [2.24, 2.45) is 10.2 Å². The molecular weight excluding hydrogens is 326 g/mol. The summed E-state index contributed by atoms with van der Waals surface area (Å²) >= 11 is 6.78. The Labute approximate surface area is 144 Å². The zero-order valence-electron chi connectivity index (χ0n) is 12.8. The van der Waals surface area contributed by atoms with Gasteiger partial charge < -0.3 is 5.11 Å². The smallest absolute Gasteiger partial charge is 0.210 e. The summed E-state index contributed by atoms with van der Waals surface area (Å²) in [4.78, 5) is 0.748. The van der Waals surface area contributed by atoms with E-state index >= 15 is 0 Å². The van der Waals surface area contributed by atoms with Crippen LogP contribution in [0.1, 0.15) is 30.2 Å². The number of hydrogen-bond donors (Lipinski definition) is 1. The quantitative estimate of drug-likeness (QED) is 0.803. The van der Waals surface area contributed by atoms with E-state index in [0.29, 0.717) is 3.95 Å². The minimum absolute atomic E-state index is 0.230. The van der Waals surface area contributed by atoms with Crippen LogP contribution in [0, 0.1) is 3.95 Å². The van der Waals surface area contributed by atoms with Crippen LogP contribution < -0.4 is 0 Å². The molecule has 0 bridgehead atoms. The maximum Gasteiger partial charge on any atom is 0.210 e. The number of thiazole rings is 1. The van der Waals surface area contributed by atoms with Crippen molar-refractivity contribution in [3.63, 3.8) is 0 Å². The van der Waals surface area contributed by atoms with E-state index in [1.165, 1.54) is 11.3 Å². The molecule has 0 radical (unpaired) electrons.